The molecular formula is C22H21N7O2. The normalized spacial score (nSPS) is 11.8. The Hall–Kier alpha value is -4.27. The number of amides is 2. The quantitative estimate of drug-likeness (QED) is 0.460. The van der Waals surface area contributed by atoms with E-state index in [1.54, 1.807) is 61.1 Å². The number of nitrogens with zero attached hydrogens (tertiary/aromatic N) is 4. The van der Waals surface area contributed by atoms with Crippen molar-refractivity contribution in [1.82, 2.24) is 24.7 Å². The van der Waals surface area contributed by atoms with E-state index in [-0.39, 0.29) is 17.9 Å². The highest BCUT2D eigenvalue weighted by Crippen LogP contribution is 2.30. The number of pyridine rings is 1. The Morgan fingerprint density at radius 1 is 1.06 bits per heavy atom. The molecule has 31 heavy (non-hydrogen) atoms. The van der Waals surface area contributed by atoms with Gasteiger partial charge < -0.3 is 16.4 Å². The van der Waals surface area contributed by atoms with Gasteiger partial charge in [-0.1, -0.05) is 18.2 Å². The Morgan fingerprint density at radius 2 is 1.84 bits per heavy atom. The van der Waals surface area contributed by atoms with Crippen molar-refractivity contribution in [3.63, 3.8) is 0 Å². The molecule has 0 saturated heterocycles. The molecule has 0 aliphatic heterocycles. The maximum atomic E-state index is 12.5. The van der Waals surface area contributed by atoms with Crippen molar-refractivity contribution in [2.45, 2.75) is 19.9 Å². The van der Waals surface area contributed by atoms with Crippen molar-refractivity contribution in [1.29, 1.82) is 0 Å². The summed E-state index contributed by atoms with van der Waals surface area (Å²) < 4.78 is 1.82. The molecule has 3 aromatic heterocycles. The van der Waals surface area contributed by atoms with Crippen molar-refractivity contribution >= 4 is 29.0 Å². The second-order valence-electron chi connectivity index (χ2n) is 7.02. The van der Waals surface area contributed by atoms with Crippen LogP contribution in [0.4, 0.5) is 11.6 Å². The fraction of sp³-hybridized carbons (Fsp3) is 0.136. The molecule has 9 heteroatoms. The fourth-order valence-electron chi connectivity index (χ4n) is 3.37. The molecule has 4 N–H and O–H groups in total. The molecule has 1 atom stereocenters. The predicted molar refractivity (Wildman–Crippen MR) is 117 cm³/mol. The summed E-state index contributed by atoms with van der Waals surface area (Å²) in [5, 5.41) is 5.59. The molecule has 4 aromatic rings. The summed E-state index contributed by atoms with van der Waals surface area (Å²) in [4.78, 5) is 37.0. The number of aromatic nitrogens is 4. The summed E-state index contributed by atoms with van der Waals surface area (Å²) in [6, 6.07) is 12.0. The number of hydrogen-bond donors (Lipinski definition) is 3. The molecule has 0 aliphatic rings. The Morgan fingerprint density at radius 3 is 2.52 bits per heavy atom. The molecular weight excluding hydrogens is 394 g/mol. The van der Waals surface area contributed by atoms with Gasteiger partial charge >= 0.3 is 0 Å². The maximum Gasteiger partial charge on any atom is 0.256 e. The van der Waals surface area contributed by atoms with E-state index >= 15 is 0 Å². The molecule has 0 aliphatic carbocycles. The van der Waals surface area contributed by atoms with Crippen LogP contribution in [0.25, 0.3) is 16.8 Å². The van der Waals surface area contributed by atoms with Gasteiger partial charge in [-0.15, -0.1) is 0 Å². The third-order valence-electron chi connectivity index (χ3n) is 4.74. The number of rotatable bonds is 5. The zero-order valence-electron chi connectivity index (χ0n) is 17.0. The number of benzene rings is 1. The van der Waals surface area contributed by atoms with Crippen LogP contribution in [0.2, 0.25) is 0 Å². The van der Waals surface area contributed by atoms with Crippen molar-refractivity contribution in [3.8, 4) is 11.3 Å². The largest absolute Gasteiger partial charge is 0.382 e. The van der Waals surface area contributed by atoms with Crippen LogP contribution in [0.5, 0.6) is 0 Å². The SMILES string of the molecule is CC(=O)NC(C)c1nc(-c2ccc(C(=O)Nc3ccccn3)cc2)c2c(N)nccn12. The Bertz CT molecular complexity index is 1250. The lowest BCUT2D eigenvalue weighted by Gasteiger charge is -2.11. The zero-order chi connectivity index (χ0) is 22.0. The van der Waals surface area contributed by atoms with Crippen LogP contribution in [-0.4, -0.2) is 31.2 Å². The summed E-state index contributed by atoms with van der Waals surface area (Å²) in [7, 11) is 0. The smallest absolute Gasteiger partial charge is 0.256 e. The first kappa shape index (κ1) is 20.0. The van der Waals surface area contributed by atoms with Gasteiger partial charge in [-0.25, -0.2) is 15.0 Å². The highest BCUT2D eigenvalue weighted by molar-refractivity contribution is 6.04. The number of hydrogen-bond acceptors (Lipinski definition) is 6. The number of imidazole rings is 1. The van der Waals surface area contributed by atoms with Gasteiger partial charge in [0.2, 0.25) is 5.91 Å². The molecule has 1 aromatic carbocycles. The van der Waals surface area contributed by atoms with E-state index in [1.165, 1.54) is 6.92 Å². The molecule has 0 saturated carbocycles. The molecule has 3 heterocycles. The van der Waals surface area contributed by atoms with Crippen LogP contribution < -0.4 is 16.4 Å². The average Bonchev–Trinajstić information content (AvgIpc) is 3.15. The highest BCUT2D eigenvalue weighted by atomic mass is 16.2. The number of anilines is 2. The van der Waals surface area contributed by atoms with Gasteiger partial charge in [-0.2, -0.15) is 0 Å². The van der Waals surface area contributed by atoms with Crippen LogP contribution in [0.3, 0.4) is 0 Å². The first-order valence-electron chi connectivity index (χ1n) is 9.66. The standard InChI is InChI=1S/C22H21N7O2/c1-13(26-14(2)30)21-28-18(19-20(23)25-11-12-29(19)21)15-6-8-16(9-7-15)22(31)27-17-5-3-4-10-24-17/h3-13H,1-2H3,(H2,23,25)(H,26,30)(H,24,27,31). The number of nitrogen functional groups attached to an aromatic ring is 1. The molecule has 156 valence electrons. The number of carbonyl (C=O) groups is 2. The number of nitrogens with two attached hydrogens (primary N) is 1. The van der Waals surface area contributed by atoms with E-state index in [1.807, 2.05) is 11.3 Å². The Kier molecular flexibility index (Phi) is 5.31. The summed E-state index contributed by atoms with van der Waals surface area (Å²) in [5.74, 6) is 1.01. The number of nitrogens with one attached hydrogen (secondary N) is 2. The van der Waals surface area contributed by atoms with Crippen LogP contribution in [0.15, 0.2) is 61.1 Å². The fourth-order valence-corrected chi connectivity index (χ4v) is 3.37. The van der Waals surface area contributed by atoms with E-state index in [4.69, 9.17) is 10.7 Å². The molecule has 0 spiro atoms. The summed E-state index contributed by atoms with van der Waals surface area (Å²) in [6.07, 6.45) is 4.95. The molecule has 0 radical (unpaired) electrons. The number of carbonyl (C=O) groups excluding carboxylic acids is 2. The molecule has 1 unspecified atom stereocenters. The molecule has 2 amide bonds. The molecule has 0 bridgehead atoms. The lowest BCUT2D eigenvalue weighted by atomic mass is 10.1. The van der Waals surface area contributed by atoms with Crippen molar-refractivity contribution in [3.05, 3.63) is 72.4 Å². The zero-order valence-corrected chi connectivity index (χ0v) is 17.0. The minimum Gasteiger partial charge on any atom is -0.382 e. The minimum atomic E-state index is -0.330. The van der Waals surface area contributed by atoms with Crippen molar-refractivity contribution in [2.75, 3.05) is 11.1 Å². The first-order valence-corrected chi connectivity index (χ1v) is 9.66. The van der Waals surface area contributed by atoms with Gasteiger partial charge in [0.15, 0.2) is 0 Å². The van der Waals surface area contributed by atoms with E-state index < -0.39 is 0 Å². The molecule has 4 rings (SSSR count). The second-order valence-corrected chi connectivity index (χ2v) is 7.02. The lowest BCUT2D eigenvalue weighted by molar-refractivity contribution is -0.119. The number of fused-ring (bicyclic) bond motifs is 1. The van der Waals surface area contributed by atoms with Gasteiger partial charge in [-0.3, -0.25) is 14.0 Å². The van der Waals surface area contributed by atoms with E-state index in [9.17, 15) is 9.59 Å². The van der Waals surface area contributed by atoms with Crippen LogP contribution in [-0.2, 0) is 4.79 Å². The summed E-state index contributed by atoms with van der Waals surface area (Å²) in [5.41, 5.74) is 8.66. The highest BCUT2D eigenvalue weighted by Gasteiger charge is 2.20. The first-order chi connectivity index (χ1) is 14.9. The van der Waals surface area contributed by atoms with E-state index in [0.717, 1.165) is 5.56 Å². The summed E-state index contributed by atoms with van der Waals surface area (Å²) >= 11 is 0. The van der Waals surface area contributed by atoms with Gasteiger partial charge in [0.05, 0.1) is 6.04 Å². The monoisotopic (exact) mass is 415 g/mol. The van der Waals surface area contributed by atoms with Gasteiger partial charge in [0, 0.05) is 36.6 Å². The van der Waals surface area contributed by atoms with Gasteiger partial charge in [0.1, 0.15) is 28.7 Å². The van der Waals surface area contributed by atoms with Crippen LogP contribution >= 0.6 is 0 Å². The third-order valence-corrected chi connectivity index (χ3v) is 4.74. The van der Waals surface area contributed by atoms with Crippen LogP contribution in [0, 0.1) is 0 Å². The third kappa shape index (κ3) is 4.06. The Balaban J connectivity index is 1.69. The van der Waals surface area contributed by atoms with Gasteiger partial charge in [0.25, 0.3) is 5.91 Å². The second kappa shape index (κ2) is 8.23. The topological polar surface area (TPSA) is 127 Å². The van der Waals surface area contributed by atoms with Gasteiger partial charge in [-0.05, 0) is 31.2 Å². The summed E-state index contributed by atoms with van der Waals surface area (Å²) in [6.45, 7) is 3.31. The maximum absolute atomic E-state index is 12.5. The van der Waals surface area contributed by atoms with E-state index in [2.05, 4.69) is 20.6 Å². The Labute approximate surface area is 178 Å². The molecule has 0 fully saturated rings. The van der Waals surface area contributed by atoms with Crippen molar-refractivity contribution < 1.29 is 9.59 Å². The average molecular weight is 415 g/mol. The van der Waals surface area contributed by atoms with Crippen molar-refractivity contribution in [2.24, 2.45) is 0 Å². The minimum absolute atomic E-state index is 0.156. The molecule has 9 nitrogen and oxygen atoms in total. The van der Waals surface area contributed by atoms with E-state index in [0.29, 0.717) is 34.2 Å². The lowest BCUT2D eigenvalue weighted by Crippen LogP contribution is -2.25. The predicted octanol–water partition coefficient (Wildman–Crippen LogP) is 2.82. The van der Waals surface area contributed by atoms with Crippen LogP contribution in [0.1, 0.15) is 36.1 Å².